The highest BCUT2D eigenvalue weighted by Crippen LogP contribution is 2.10. The van der Waals surface area contributed by atoms with Gasteiger partial charge in [-0.15, -0.1) is 0 Å². The predicted octanol–water partition coefficient (Wildman–Crippen LogP) is -0.388. The van der Waals surface area contributed by atoms with Crippen LogP contribution in [0.2, 0.25) is 0 Å². The molecule has 1 fully saturated rings. The zero-order valence-electron chi connectivity index (χ0n) is 5.55. The van der Waals surface area contributed by atoms with Crippen LogP contribution in [0.1, 0.15) is 19.8 Å². The summed E-state index contributed by atoms with van der Waals surface area (Å²) in [7, 11) is 0. The number of nitrogens with one attached hydrogen (secondary N) is 1. The van der Waals surface area contributed by atoms with E-state index in [1.54, 1.807) is 0 Å². The van der Waals surface area contributed by atoms with Crippen LogP contribution in [0, 0.1) is 0 Å². The van der Waals surface area contributed by atoms with Crippen LogP contribution in [-0.2, 0) is 4.79 Å². The summed E-state index contributed by atoms with van der Waals surface area (Å²) in [5, 5.41) is 3.08. The molecule has 3 N–H and O–H groups in total. The number of carbonyl (C=O) groups excluding carboxylic acids is 1. The molecule has 1 amide bonds. The standard InChI is InChI=1S/C6H12N2O/c1-4-2-3-5(8-4)6(7)9/h4-5,8H,2-3H2,1H3,(H2,7,9)/t4-,5?/m1/s1. The van der Waals surface area contributed by atoms with E-state index >= 15 is 0 Å². The number of carbonyl (C=O) groups is 1. The van der Waals surface area contributed by atoms with Crippen molar-refractivity contribution in [2.75, 3.05) is 0 Å². The monoisotopic (exact) mass is 128 g/mol. The smallest absolute Gasteiger partial charge is 0.234 e. The summed E-state index contributed by atoms with van der Waals surface area (Å²) in [6.07, 6.45) is 1.96. The van der Waals surface area contributed by atoms with Gasteiger partial charge in [-0.3, -0.25) is 4.79 Å². The molecule has 9 heavy (non-hydrogen) atoms. The average Bonchev–Trinajstić information content (AvgIpc) is 2.14. The summed E-state index contributed by atoms with van der Waals surface area (Å²) < 4.78 is 0. The zero-order valence-corrected chi connectivity index (χ0v) is 5.55. The van der Waals surface area contributed by atoms with Crippen LogP contribution in [0.15, 0.2) is 0 Å². The van der Waals surface area contributed by atoms with E-state index < -0.39 is 0 Å². The van der Waals surface area contributed by atoms with Crippen molar-refractivity contribution >= 4 is 5.91 Å². The summed E-state index contributed by atoms with van der Waals surface area (Å²) in [6.45, 7) is 2.06. The van der Waals surface area contributed by atoms with Gasteiger partial charge in [0, 0.05) is 6.04 Å². The van der Waals surface area contributed by atoms with Crippen LogP contribution in [0.5, 0.6) is 0 Å². The van der Waals surface area contributed by atoms with E-state index in [0.717, 1.165) is 12.8 Å². The van der Waals surface area contributed by atoms with Gasteiger partial charge in [0.15, 0.2) is 0 Å². The fourth-order valence-electron chi connectivity index (χ4n) is 1.15. The molecule has 0 spiro atoms. The minimum atomic E-state index is -0.223. The lowest BCUT2D eigenvalue weighted by molar-refractivity contribution is -0.119. The van der Waals surface area contributed by atoms with Crippen LogP contribution in [0.25, 0.3) is 0 Å². The minimum absolute atomic E-state index is 0.0694. The van der Waals surface area contributed by atoms with Gasteiger partial charge in [0.1, 0.15) is 0 Å². The highest BCUT2D eigenvalue weighted by molar-refractivity contribution is 5.80. The average molecular weight is 128 g/mol. The number of primary amides is 1. The van der Waals surface area contributed by atoms with Gasteiger partial charge >= 0.3 is 0 Å². The largest absolute Gasteiger partial charge is 0.368 e. The Morgan fingerprint density at radius 2 is 2.33 bits per heavy atom. The predicted molar refractivity (Wildman–Crippen MR) is 34.8 cm³/mol. The number of rotatable bonds is 1. The second kappa shape index (κ2) is 2.35. The molecular formula is C6H12N2O. The highest BCUT2D eigenvalue weighted by Gasteiger charge is 2.23. The Bertz CT molecular complexity index is 124. The first-order valence-corrected chi connectivity index (χ1v) is 3.25. The number of amides is 1. The van der Waals surface area contributed by atoms with Gasteiger partial charge in [0.25, 0.3) is 0 Å². The number of hydrogen-bond acceptors (Lipinski definition) is 2. The topological polar surface area (TPSA) is 55.1 Å². The first kappa shape index (κ1) is 6.55. The maximum atomic E-state index is 10.5. The van der Waals surface area contributed by atoms with Crippen molar-refractivity contribution in [3.05, 3.63) is 0 Å². The van der Waals surface area contributed by atoms with Gasteiger partial charge in [0.2, 0.25) is 5.91 Å². The van der Waals surface area contributed by atoms with Crippen LogP contribution >= 0.6 is 0 Å². The lowest BCUT2D eigenvalue weighted by Crippen LogP contribution is -2.38. The summed E-state index contributed by atoms with van der Waals surface area (Å²) in [4.78, 5) is 10.5. The lowest BCUT2D eigenvalue weighted by Gasteiger charge is -2.05. The molecule has 1 saturated heterocycles. The Kier molecular flexibility index (Phi) is 1.71. The fraction of sp³-hybridized carbons (Fsp3) is 0.833. The Hall–Kier alpha value is -0.570. The summed E-state index contributed by atoms with van der Waals surface area (Å²) >= 11 is 0. The third-order valence-electron chi connectivity index (χ3n) is 1.72. The van der Waals surface area contributed by atoms with Crippen molar-refractivity contribution in [2.45, 2.75) is 31.8 Å². The van der Waals surface area contributed by atoms with Gasteiger partial charge in [-0.25, -0.2) is 0 Å². The molecule has 1 heterocycles. The van der Waals surface area contributed by atoms with Crippen molar-refractivity contribution in [1.82, 2.24) is 5.32 Å². The van der Waals surface area contributed by atoms with E-state index in [9.17, 15) is 4.79 Å². The second-order valence-corrected chi connectivity index (χ2v) is 2.60. The zero-order chi connectivity index (χ0) is 6.85. The van der Waals surface area contributed by atoms with Crippen LogP contribution < -0.4 is 11.1 Å². The second-order valence-electron chi connectivity index (χ2n) is 2.60. The summed E-state index contributed by atoms with van der Waals surface area (Å²) in [6, 6.07) is 0.391. The molecule has 0 aromatic carbocycles. The molecule has 1 aliphatic rings. The number of nitrogens with two attached hydrogens (primary N) is 1. The van der Waals surface area contributed by atoms with E-state index in [-0.39, 0.29) is 11.9 Å². The van der Waals surface area contributed by atoms with Crippen molar-refractivity contribution in [1.29, 1.82) is 0 Å². The Labute approximate surface area is 54.6 Å². The Balaban J connectivity index is 2.39. The van der Waals surface area contributed by atoms with Crippen molar-refractivity contribution in [2.24, 2.45) is 5.73 Å². The molecule has 52 valence electrons. The molecule has 1 aliphatic heterocycles. The maximum Gasteiger partial charge on any atom is 0.234 e. The first-order valence-electron chi connectivity index (χ1n) is 3.25. The Morgan fingerprint density at radius 3 is 2.56 bits per heavy atom. The third-order valence-corrected chi connectivity index (χ3v) is 1.72. The van der Waals surface area contributed by atoms with Crippen LogP contribution in [0.3, 0.4) is 0 Å². The molecule has 1 rings (SSSR count). The van der Waals surface area contributed by atoms with E-state index in [4.69, 9.17) is 5.73 Å². The van der Waals surface area contributed by atoms with Crippen molar-refractivity contribution in [3.8, 4) is 0 Å². The quantitative estimate of drug-likeness (QED) is 0.505. The van der Waals surface area contributed by atoms with Crippen molar-refractivity contribution in [3.63, 3.8) is 0 Å². The van der Waals surface area contributed by atoms with E-state index in [0.29, 0.717) is 6.04 Å². The molecule has 0 radical (unpaired) electrons. The SMILES string of the molecule is C[C@@H]1CCC(C(N)=O)N1. The molecule has 0 aromatic heterocycles. The molecule has 0 aliphatic carbocycles. The summed E-state index contributed by atoms with van der Waals surface area (Å²) in [5.74, 6) is -0.223. The third kappa shape index (κ3) is 1.42. The fourth-order valence-corrected chi connectivity index (χ4v) is 1.15. The molecule has 0 saturated carbocycles. The van der Waals surface area contributed by atoms with E-state index in [1.165, 1.54) is 0 Å². The normalized spacial score (nSPS) is 34.8. The van der Waals surface area contributed by atoms with E-state index in [1.807, 2.05) is 0 Å². The molecule has 0 aromatic rings. The van der Waals surface area contributed by atoms with Gasteiger partial charge < -0.3 is 11.1 Å². The molecule has 0 bridgehead atoms. The first-order chi connectivity index (χ1) is 4.20. The van der Waals surface area contributed by atoms with Gasteiger partial charge in [0.05, 0.1) is 6.04 Å². The molecular weight excluding hydrogens is 116 g/mol. The minimum Gasteiger partial charge on any atom is -0.368 e. The highest BCUT2D eigenvalue weighted by atomic mass is 16.1. The molecule has 3 heteroatoms. The van der Waals surface area contributed by atoms with Gasteiger partial charge in [-0.1, -0.05) is 0 Å². The Morgan fingerprint density at radius 1 is 1.67 bits per heavy atom. The summed E-state index contributed by atoms with van der Waals surface area (Å²) in [5.41, 5.74) is 5.06. The van der Waals surface area contributed by atoms with Gasteiger partial charge in [-0.2, -0.15) is 0 Å². The van der Waals surface area contributed by atoms with Gasteiger partial charge in [-0.05, 0) is 19.8 Å². The van der Waals surface area contributed by atoms with E-state index in [2.05, 4.69) is 12.2 Å². The van der Waals surface area contributed by atoms with Crippen molar-refractivity contribution < 1.29 is 4.79 Å². The van der Waals surface area contributed by atoms with Crippen LogP contribution in [-0.4, -0.2) is 18.0 Å². The van der Waals surface area contributed by atoms with Crippen LogP contribution in [0.4, 0.5) is 0 Å². The molecule has 2 atom stereocenters. The number of hydrogen-bond donors (Lipinski definition) is 2. The molecule has 1 unspecified atom stereocenters. The maximum absolute atomic E-state index is 10.5. The molecule has 3 nitrogen and oxygen atoms in total. The lowest BCUT2D eigenvalue weighted by atomic mass is 10.2.